The SMILES string of the molecule is CNc1cccc(Cn2cc(C(F)(F)F)cn2)n1. The van der Waals surface area contributed by atoms with Crippen molar-refractivity contribution in [1.82, 2.24) is 14.8 Å². The summed E-state index contributed by atoms with van der Waals surface area (Å²) in [7, 11) is 1.72. The monoisotopic (exact) mass is 256 g/mol. The Labute approximate surface area is 101 Å². The number of halogens is 3. The van der Waals surface area contributed by atoms with Crippen molar-refractivity contribution in [1.29, 1.82) is 0 Å². The van der Waals surface area contributed by atoms with Gasteiger partial charge in [-0.2, -0.15) is 18.3 Å². The number of nitrogens with zero attached hydrogens (tertiary/aromatic N) is 3. The molecule has 0 aliphatic rings. The molecule has 0 bridgehead atoms. The number of alkyl halides is 3. The van der Waals surface area contributed by atoms with Gasteiger partial charge in [0, 0.05) is 13.2 Å². The third kappa shape index (κ3) is 2.79. The van der Waals surface area contributed by atoms with Crippen LogP contribution in [0.2, 0.25) is 0 Å². The first-order valence-corrected chi connectivity index (χ1v) is 5.22. The van der Waals surface area contributed by atoms with Gasteiger partial charge >= 0.3 is 6.18 Å². The van der Waals surface area contributed by atoms with E-state index in [4.69, 9.17) is 0 Å². The summed E-state index contributed by atoms with van der Waals surface area (Å²) in [5, 5.41) is 6.53. The molecule has 0 atom stereocenters. The lowest BCUT2D eigenvalue weighted by atomic mass is 10.3. The Hall–Kier alpha value is -2.05. The molecule has 0 aliphatic carbocycles. The van der Waals surface area contributed by atoms with E-state index in [2.05, 4.69) is 15.4 Å². The van der Waals surface area contributed by atoms with Gasteiger partial charge < -0.3 is 5.32 Å². The smallest absolute Gasteiger partial charge is 0.373 e. The van der Waals surface area contributed by atoms with Crippen molar-refractivity contribution in [3.63, 3.8) is 0 Å². The Morgan fingerprint density at radius 3 is 2.72 bits per heavy atom. The zero-order valence-electron chi connectivity index (χ0n) is 9.57. The normalized spacial score (nSPS) is 11.6. The molecular weight excluding hydrogens is 245 g/mol. The predicted molar refractivity (Wildman–Crippen MR) is 60.1 cm³/mol. The Kier molecular flexibility index (Phi) is 3.22. The molecular formula is C11H11F3N4. The van der Waals surface area contributed by atoms with E-state index in [1.807, 2.05) is 0 Å². The highest BCUT2D eigenvalue weighted by atomic mass is 19.4. The number of hydrogen-bond acceptors (Lipinski definition) is 3. The summed E-state index contributed by atoms with van der Waals surface area (Å²) >= 11 is 0. The maximum absolute atomic E-state index is 12.4. The van der Waals surface area contributed by atoms with Crippen LogP contribution in [0.3, 0.4) is 0 Å². The average Bonchev–Trinajstić information content (AvgIpc) is 2.77. The molecule has 0 amide bonds. The Morgan fingerprint density at radius 1 is 1.33 bits per heavy atom. The molecule has 2 rings (SSSR count). The van der Waals surface area contributed by atoms with Crippen LogP contribution in [0.1, 0.15) is 11.3 Å². The number of rotatable bonds is 3. The maximum atomic E-state index is 12.4. The van der Waals surface area contributed by atoms with Crippen LogP contribution in [-0.2, 0) is 12.7 Å². The van der Waals surface area contributed by atoms with Crippen molar-refractivity contribution in [2.75, 3.05) is 12.4 Å². The standard InChI is InChI=1S/C11H11F3N4/c1-15-10-4-2-3-9(17-10)7-18-6-8(5-16-18)11(12,13)14/h2-6H,7H2,1H3,(H,15,17). The molecule has 0 spiro atoms. The second-order valence-electron chi connectivity index (χ2n) is 3.69. The fraction of sp³-hybridized carbons (Fsp3) is 0.273. The second-order valence-corrected chi connectivity index (χ2v) is 3.69. The molecule has 7 heteroatoms. The summed E-state index contributed by atoms with van der Waals surface area (Å²) in [6, 6.07) is 5.28. The van der Waals surface area contributed by atoms with Crippen LogP contribution in [0.25, 0.3) is 0 Å². The van der Waals surface area contributed by atoms with Crippen LogP contribution in [0.4, 0.5) is 19.0 Å². The number of pyridine rings is 1. The van der Waals surface area contributed by atoms with Crippen molar-refractivity contribution < 1.29 is 13.2 Å². The lowest BCUT2D eigenvalue weighted by Gasteiger charge is -2.04. The van der Waals surface area contributed by atoms with Gasteiger partial charge in [0.05, 0.1) is 24.0 Å². The molecule has 0 aliphatic heterocycles. The molecule has 0 radical (unpaired) electrons. The van der Waals surface area contributed by atoms with E-state index in [0.717, 1.165) is 12.4 Å². The van der Waals surface area contributed by atoms with Crippen molar-refractivity contribution in [3.8, 4) is 0 Å². The molecule has 0 aromatic carbocycles. The fourth-order valence-corrected chi connectivity index (χ4v) is 1.47. The number of hydrogen-bond donors (Lipinski definition) is 1. The second kappa shape index (κ2) is 4.67. The van der Waals surface area contributed by atoms with Gasteiger partial charge in [0.15, 0.2) is 0 Å². The summed E-state index contributed by atoms with van der Waals surface area (Å²) < 4.78 is 38.4. The average molecular weight is 256 g/mol. The Bertz CT molecular complexity index is 533. The van der Waals surface area contributed by atoms with Crippen LogP contribution < -0.4 is 5.32 Å². The van der Waals surface area contributed by atoms with Crippen LogP contribution in [0.5, 0.6) is 0 Å². The first kappa shape index (κ1) is 12.4. The van der Waals surface area contributed by atoms with E-state index in [9.17, 15) is 13.2 Å². The van der Waals surface area contributed by atoms with Gasteiger partial charge in [-0.1, -0.05) is 6.07 Å². The highest BCUT2D eigenvalue weighted by Crippen LogP contribution is 2.28. The maximum Gasteiger partial charge on any atom is 0.419 e. The van der Waals surface area contributed by atoms with Gasteiger partial charge in [-0.15, -0.1) is 0 Å². The van der Waals surface area contributed by atoms with E-state index in [-0.39, 0.29) is 6.54 Å². The molecule has 0 saturated heterocycles. The van der Waals surface area contributed by atoms with Gasteiger partial charge in [-0.25, -0.2) is 4.98 Å². The van der Waals surface area contributed by atoms with Gasteiger partial charge in [0.2, 0.25) is 0 Å². The Morgan fingerprint density at radius 2 is 2.11 bits per heavy atom. The molecule has 4 nitrogen and oxygen atoms in total. The fourth-order valence-electron chi connectivity index (χ4n) is 1.47. The Balaban J connectivity index is 2.16. The predicted octanol–water partition coefficient (Wildman–Crippen LogP) is 2.39. The van der Waals surface area contributed by atoms with Crippen LogP contribution in [0.15, 0.2) is 30.6 Å². The van der Waals surface area contributed by atoms with Crippen LogP contribution in [0, 0.1) is 0 Å². The summed E-state index contributed by atoms with van der Waals surface area (Å²) in [6.07, 6.45) is -2.59. The minimum absolute atomic E-state index is 0.200. The largest absolute Gasteiger partial charge is 0.419 e. The van der Waals surface area contributed by atoms with Crippen LogP contribution in [-0.4, -0.2) is 21.8 Å². The summed E-state index contributed by atoms with van der Waals surface area (Å²) in [5.41, 5.74) is -0.119. The van der Waals surface area contributed by atoms with E-state index >= 15 is 0 Å². The lowest BCUT2D eigenvalue weighted by molar-refractivity contribution is -0.137. The zero-order chi connectivity index (χ0) is 13.2. The van der Waals surface area contributed by atoms with Gasteiger partial charge in [-0.3, -0.25) is 4.68 Å². The molecule has 18 heavy (non-hydrogen) atoms. The summed E-state index contributed by atoms with van der Waals surface area (Å²) in [5.74, 6) is 0.663. The van der Waals surface area contributed by atoms with E-state index < -0.39 is 11.7 Å². The first-order valence-electron chi connectivity index (χ1n) is 5.22. The van der Waals surface area contributed by atoms with E-state index in [1.54, 1.807) is 25.2 Å². The molecule has 2 aromatic rings. The van der Waals surface area contributed by atoms with E-state index in [0.29, 0.717) is 11.5 Å². The molecule has 2 aromatic heterocycles. The van der Waals surface area contributed by atoms with Gasteiger partial charge in [0.25, 0.3) is 0 Å². The first-order chi connectivity index (χ1) is 8.49. The zero-order valence-corrected chi connectivity index (χ0v) is 9.57. The molecule has 1 N–H and O–H groups in total. The van der Waals surface area contributed by atoms with Gasteiger partial charge in [0.1, 0.15) is 5.82 Å². The van der Waals surface area contributed by atoms with Crippen LogP contribution >= 0.6 is 0 Å². The van der Waals surface area contributed by atoms with Crippen molar-refractivity contribution in [2.45, 2.75) is 12.7 Å². The molecule has 2 heterocycles. The van der Waals surface area contributed by atoms with Crippen molar-refractivity contribution in [3.05, 3.63) is 41.9 Å². The third-order valence-electron chi connectivity index (χ3n) is 2.35. The summed E-state index contributed by atoms with van der Waals surface area (Å²) in [4.78, 5) is 4.20. The topological polar surface area (TPSA) is 42.7 Å². The third-order valence-corrected chi connectivity index (χ3v) is 2.35. The number of anilines is 1. The number of nitrogens with one attached hydrogen (secondary N) is 1. The lowest BCUT2D eigenvalue weighted by Crippen LogP contribution is -2.05. The van der Waals surface area contributed by atoms with Crippen molar-refractivity contribution in [2.24, 2.45) is 0 Å². The molecule has 96 valence electrons. The van der Waals surface area contributed by atoms with Crippen molar-refractivity contribution >= 4 is 5.82 Å². The quantitative estimate of drug-likeness (QED) is 0.916. The minimum Gasteiger partial charge on any atom is -0.373 e. The molecule has 0 fully saturated rings. The minimum atomic E-state index is -4.36. The molecule has 0 saturated carbocycles. The molecule has 0 unspecified atom stereocenters. The van der Waals surface area contributed by atoms with E-state index in [1.165, 1.54) is 4.68 Å². The van der Waals surface area contributed by atoms with Gasteiger partial charge in [-0.05, 0) is 12.1 Å². The number of aromatic nitrogens is 3. The highest BCUT2D eigenvalue weighted by Gasteiger charge is 2.32. The summed E-state index contributed by atoms with van der Waals surface area (Å²) in [6.45, 7) is 0.200. The highest BCUT2D eigenvalue weighted by molar-refractivity contribution is 5.34.